The molecule has 0 saturated carbocycles. The van der Waals surface area contributed by atoms with E-state index in [2.05, 4.69) is 12.2 Å². The van der Waals surface area contributed by atoms with E-state index >= 15 is 0 Å². The van der Waals surface area contributed by atoms with Crippen molar-refractivity contribution >= 4 is 0 Å². The maximum atomic E-state index is 5.05. The molecule has 0 aromatic heterocycles. The Morgan fingerprint density at radius 1 is 1.43 bits per heavy atom. The Morgan fingerprint density at radius 3 is 2.71 bits per heavy atom. The lowest BCUT2D eigenvalue weighted by Gasteiger charge is -2.19. The highest BCUT2D eigenvalue weighted by Crippen LogP contribution is 2.28. The van der Waals surface area contributed by atoms with Crippen molar-refractivity contribution in [2.75, 3.05) is 6.61 Å². The molecule has 1 nitrogen and oxygen atoms in total. The molecule has 7 heavy (non-hydrogen) atoms. The molecule has 1 saturated heterocycles. The number of hydrogen-bond donors (Lipinski definition) is 0. The molecule has 1 aliphatic heterocycles. The summed E-state index contributed by atoms with van der Waals surface area (Å²) in [5.74, 6) is 1.12. The zero-order valence-corrected chi connectivity index (χ0v) is 3.98. The SMILES string of the molecule is C1=C2COC2=CC1. The van der Waals surface area contributed by atoms with Crippen molar-refractivity contribution < 1.29 is 4.74 Å². The first kappa shape index (κ1) is 3.30. The Hall–Kier alpha value is -0.720. The van der Waals surface area contributed by atoms with Crippen molar-refractivity contribution in [1.29, 1.82) is 0 Å². The minimum absolute atomic E-state index is 0.853. The lowest BCUT2D eigenvalue weighted by Crippen LogP contribution is -2.10. The molecule has 1 heteroatoms. The molecule has 1 heterocycles. The first-order valence-electron chi connectivity index (χ1n) is 2.49. The van der Waals surface area contributed by atoms with E-state index in [1.807, 2.05) is 0 Å². The summed E-state index contributed by atoms with van der Waals surface area (Å²) in [6.45, 7) is 0.853. The van der Waals surface area contributed by atoms with Crippen LogP contribution < -0.4 is 0 Å². The summed E-state index contributed by atoms with van der Waals surface area (Å²) in [5, 5.41) is 0. The molecule has 0 aromatic carbocycles. The first-order chi connectivity index (χ1) is 3.47. The molecular formula is C6H6O. The molecule has 2 aliphatic rings. The standard InChI is InChI=1S/C6H6O/c1-2-5-4-7-6(5)3-1/h2-3H,1,4H2. The third-order valence-corrected chi connectivity index (χ3v) is 1.37. The van der Waals surface area contributed by atoms with E-state index in [1.165, 1.54) is 5.57 Å². The number of fused-ring (bicyclic) bond motifs is 1. The van der Waals surface area contributed by atoms with Crippen LogP contribution in [0.3, 0.4) is 0 Å². The summed E-state index contributed by atoms with van der Waals surface area (Å²) in [6, 6.07) is 0. The van der Waals surface area contributed by atoms with E-state index in [0.717, 1.165) is 18.8 Å². The van der Waals surface area contributed by atoms with Gasteiger partial charge in [0, 0.05) is 5.57 Å². The van der Waals surface area contributed by atoms with E-state index in [-0.39, 0.29) is 0 Å². The van der Waals surface area contributed by atoms with Gasteiger partial charge in [-0.3, -0.25) is 0 Å². The molecule has 2 rings (SSSR count). The van der Waals surface area contributed by atoms with Gasteiger partial charge in [-0.1, -0.05) is 6.08 Å². The largest absolute Gasteiger partial charge is 0.489 e. The fraction of sp³-hybridized carbons (Fsp3) is 0.333. The minimum Gasteiger partial charge on any atom is -0.489 e. The highest BCUT2D eigenvalue weighted by atomic mass is 16.5. The van der Waals surface area contributed by atoms with Crippen LogP contribution in [-0.4, -0.2) is 6.61 Å². The van der Waals surface area contributed by atoms with Gasteiger partial charge in [0.15, 0.2) is 0 Å². The number of rotatable bonds is 0. The van der Waals surface area contributed by atoms with Crippen molar-refractivity contribution in [3.05, 3.63) is 23.5 Å². The van der Waals surface area contributed by atoms with Gasteiger partial charge in [-0.05, 0) is 12.5 Å². The van der Waals surface area contributed by atoms with Crippen LogP contribution in [0.2, 0.25) is 0 Å². The van der Waals surface area contributed by atoms with Crippen LogP contribution in [0.25, 0.3) is 0 Å². The van der Waals surface area contributed by atoms with E-state index in [4.69, 9.17) is 4.74 Å². The van der Waals surface area contributed by atoms with Crippen LogP contribution in [0.15, 0.2) is 23.5 Å². The molecule has 0 atom stereocenters. The Morgan fingerprint density at radius 2 is 2.43 bits per heavy atom. The Kier molecular flexibility index (Phi) is 0.432. The molecule has 36 valence electrons. The third kappa shape index (κ3) is 0.279. The Labute approximate surface area is 42.3 Å². The molecule has 0 spiro atoms. The van der Waals surface area contributed by atoms with Crippen LogP contribution >= 0.6 is 0 Å². The molecule has 1 fully saturated rings. The number of hydrogen-bond acceptors (Lipinski definition) is 1. The van der Waals surface area contributed by atoms with Gasteiger partial charge in [-0.15, -0.1) is 0 Å². The highest BCUT2D eigenvalue weighted by Gasteiger charge is 2.19. The van der Waals surface area contributed by atoms with Crippen molar-refractivity contribution in [2.24, 2.45) is 0 Å². The van der Waals surface area contributed by atoms with Crippen molar-refractivity contribution in [1.82, 2.24) is 0 Å². The fourth-order valence-electron chi connectivity index (χ4n) is 0.897. The quantitative estimate of drug-likeness (QED) is 0.438. The van der Waals surface area contributed by atoms with Gasteiger partial charge < -0.3 is 4.74 Å². The monoisotopic (exact) mass is 94.0 g/mol. The van der Waals surface area contributed by atoms with Gasteiger partial charge >= 0.3 is 0 Å². The lowest BCUT2D eigenvalue weighted by atomic mass is 10.2. The van der Waals surface area contributed by atoms with Gasteiger partial charge in [0.1, 0.15) is 12.4 Å². The average Bonchev–Trinajstić information content (AvgIpc) is 1.85. The average molecular weight is 94.1 g/mol. The Bertz CT molecular complexity index is 136. The predicted molar refractivity (Wildman–Crippen MR) is 26.7 cm³/mol. The summed E-state index contributed by atoms with van der Waals surface area (Å²) >= 11 is 0. The van der Waals surface area contributed by atoms with Gasteiger partial charge in [0.05, 0.1) is 0 Å². The van der Waals surface area contributed by atoms with Crippen molar-refractivity contribution in [3.63, 3.8) is 0 Å². The van der Waals surface area contributed by atoms with E-state index in [1.54, 1.807) is 0 Å². The molecule has 0 unspecified atom stereocenters. The smallest absolute Gasteiger partial charge is 0.122 e. The number of ether oxygens (including phenoxy) is 1. The fourth-order valence-corrected chi connectivity index (χ4v) is 0.897. The predicted octanol–water partition coefficient (Wildman–Crippen LogP) is 1.23. The highest BCUT2D eigenvalue weighted by molar-refractivity contribution is 5.38. The van der Waals surface area contributed by atoms with Gasteiger partial charge in [0.2, 0.25) is 0 Å². The molecule has 0 N–H and O–H groups in total. The molecular weight excluding hydrogens is 88.1 g/mol. The van der Waals surface area contributed by atoms with Crippen molar-refractivity contribution in [3.8, 4) is 0 Å². The minimum atomic E-state index is 0.853. The van der Waals surface area contributed by atoms with E-state index in [9.17, 15) is 0 Å². The van der Waals surface area contributed by atoms with E-state index in [0.29, 0.717) is 0 Å². The van der Waals surface area contributed by atoms with Crippen LogP contribution in [0, 0.1) is 0 Å². The molecule has 1 aliphatic carbocycles. The number of allylic oxidation sites excluding steroid dienone is 2. The normalized spacial score (nSPS) is 24.0. The Balaban J connectivity index is 2.42. The van der Waals surface area contributed by atoms with Crippen LogP contribution in [0.4, 0.5) is 0 Å². The zero-order valence-electron chi connectivity index (χ0n) is 3.98. The first-order valence-corrected chi connectivity index (χ1v) is 2.49. The van der Waals surface area contributed by atoms with E-state index < -0.39 is 0 Å². The topological polar surface area (TPSA) is 9.23 Å². The summed E-state index contributed by atoms with van der Waals surface area (Å²) in [5.41, 5.74) is 1.40. The van der Waals surface area contributed by atoms with Crippen molar-refractivity contribution in [2.45, 2.75) is 6.42 Å². The maximum Gasteiger partial charge on any atom is 0.122 e. The second-order valence-corrected chi connectivity index (χ2v) is 1.82. The van der Waals surface area contributed by atoms with Crippen LogP contribution in [0.1, 0.15) is 6.42 Å². The van der Waals surface area contributed by atoms with Gasteiger partial charge in [-0.25, -0.2) is 0 Å². The second-order valence-electron chi connectivity index (χ2n) is 1.82. The van der Waals surface area contributed by atoms with Gasteiger partial charge in [-0.2, -0.15) is 0 Å². The third-order valence-electron chi connectivity index (χ3n) is 1.37. The maximum absolute atomic E-state index is 5.05. The second kappa shape index (κ2) is 0.915. The van der Waals surface area contributed by atoms with Crippen LogP contribution in [0.5, 0.6) is 0 Å². The summed E-state index contributed by atoms with van der Waals surface area (Å²) in [4.78, 5) is 0. The lowest BCUT2D eigenvalue weighted by molar-refractivity contribution is 0.182. The zero-order chi connectivity index (χ0) is 4.69. The molecule has 0 radical (unpaired) electrons. The molecule has 0 bridgehead atoms. The summed E-state index contributed by atoms with van der Waals surface area (Å²) < 4.78 is 5.05. The van der Waals surface area contributed by atoms with Gasteiger partial charge in [0.25, 0.3) is 0 Å². The van der Waals surface area contributed by atoms with Crippen LogP contribution in [-0.2, 0) is 4.74 Å². The molecule has 0 amide bonds. The summed E-state index contributed by atoms with van der Waals surface area (Å²) in [6.07, 6.45) is 5.41. The molecule has 0 aromatic rings. The summed E-state index contributed by atoms with van der Waals surface area (Å²) in [7, 11) is 0.